The summed E-state index contributed by atoms with van der Waals surface area (Å²) in [4.78, 5) is 53.4. The molecule has 2 aromatic heterocycles. The molecule has 0 saturated carbocycles. The zero-order valence-corrected chi connectivity index (χ0v) is 21.2. The minimum atomic E-state index is -0.606. The summed E-state index contributed by atoms with van der Waals surface area (Å²) >= 11 is 1.98. The molecule has 0 atom stereocenters. The van der Waals surface area contributed by atoms with Crippen molar-refractivity contribution in [1.29, 1.82) is 0 Å². The predicted octanol–water partition coefficient (Wildman–Crippen LogP) is 4.62. The third kappa shape index (κ3) is 4.85. The van der Waals surface area contributed by atoms with E-state index in [1.807, 2.05) is 22.6 Å². The van der Waals surface area contributed by atoms with Gasteiger partial charge in [0.1, 0.15) is 0 Å². The second kappa shape index (κ2) is 9.41. The van der Waals surface area contributed by atoms with Crippen molar-refractivity contribution in [3.8, 4) is 34.3 Å². The molecule has 0 amide bonds. The van der Waals surface area contributed by atoms with Crippen LogP contribution in [0.1, 0.15) is 27.7 Å². The maximum atomic E-state index is 11.9. The zero-order valence-electron chi connectivity index (χ0n) is 19.0. The zero-order chi connectivity index (χ0) is 25.4. The normalized spacial score (nSPS) is 10.9. The van der Waals surface area contributed by atoms with E-state index in [4.69, 9.17) is 18.9 Å². The molecule has 2 heterocycles. The van der Waals surface area contributed by atoms with Crippen molar-refractivity contribution in [1.82, 2.24) is 9.97 Å². The molecule has 0 bridgehead atoms. The van der Waals surface area contributed by atoms with Crippen molar-refractivity contribution in [3.63, 3.8) is 0 Å². The molecular formula is C24H19IN2O8. The molecule has 0 fully saturated rings. The first-order valence-corrected chi connectivity index (χ1v) is 11.4. The molecule has 35 heavy (non-hydrogen) atoms. The number of H-pyrrole nitrogens is 2. The Labute approximate surface area is 212 Å². The van der Waals surface area contributed by atoms with Crippen LogP contribution in [0.4, 0.5) is 0 Å². The highest BCUT2D eigenvalue weighted by atomic mass is 127. The molecule has 4 rings (SSSR count). The Kier molecular flexibility index (Phi) is 6.52. The number of benzene rings is 2. The van der Waals surface area contributed by atoms with Gasteiger partial charge in [-0.2, -0.15) is 0 Å². The molecule has 0 aliphatic rings. The number of hydrogen-bond acceptors (Lipinski definition) is 8. The van der Waals surface area contributed by atoms with Gasteiger partial charge in [-0.25, -0.2) is 0 Å². The summed E-state index contributed by atoms with van der Waals surface area (Å²) < 4.78 is 21.9. The van der Waals surface area contributed by atoms with E-state index < -0.39 is 23.9 Å². The summed E-state index contributed by atoms with van der Waals surface area (Å²) in [5, 5.41) is 1.34. The molecule has 2 N–H and O–H groups in total. The van der Waals surface area contributed by atoms with Gasteiger partial charge in [-0.15, -0.1) is 0 Å². The number of ether oxygens (including phenoxy) is 4. The van der Waals surface area contributed by atoms with Crippen molar-refractivity contribution in [2.75, 3.05) is 0 Å². The van der Waals surface area contributed by atoms with Crippen molar-refractivity contribution >= 4 is 68.3 Å². The fourth-order valence-electron chi connectivity index (χ4n) is 3.69. The number of rotatable bonds is 5. The first kappa shape index (κ1) is 24.3. The predicted molar refractivity (Wildman–Crippen MR) is 134 cm³/mol. The van der Waals surface area contributed by atoms with E-state index in [1.54, 1.807) is 30.5 Å². The lowest BCUT2D eigenvalue weighted by molar-refractivity contribution is -0.134. The van der Waals surface area contributed by atoms with E-state index >= 15 is 0 Å². The maximum absolute atomic E-state index is 11.9. The lowest BCUT2D eigenvalue weighted by Gasteiger charge is -2.14. The first-order chi connectivity index (χ1) is 16.5. The van der Waals surface area contributed by atoms with Gasteiger partial charge in [0.05, 0.1) is 25.9 Å². The van der Waals surface area contributed by atoms with Crippen molar-refractivity contribution in [2.24, 2.45) is 0 Å². The Morgan fingerprint density at radius 3 is 1.86 bits per heavy atom. The number of halogens is 1. The second-order valence-corrected chi connectivity index (χ2v) is 8.64. The SMILES string of the molecule is CC(=O)Oc1cc2cc(-c3c(OC(C)=O)c(OC(C)=O)cc4cc[nH]c34)[nH]c2c(I)c1OC(C)=O. The van der Waals surface area contributed by atoms with Crippen LogP contribution >= 0.6 is 22.6 Å². The van der Waals surface area contributed by atoms with Crippen LogP contribution in [0.15, 0.2) is 30.5 Å². The third-order valence-corrected chi connectivity index (χ3v) is 5.84. The number of fused-ring (bicyclic) bond motifs is 2. The van der Waals surface area contributed by atoms with Gasteiger partial charge in [0, 0.05) is 44.7 Å². The number of nitrogens with one attached hydrogen (secondary N) is 2. The molecule has 0 aliphatic carbocycles. The molecule has 0 radical (unpaired) electrons. The number of aromatic nitrogens is 2. The summed E-state index contributed by atoms with van der Waals surface area (Å²) in [6, 6.07) is 6.69. The van der Waals surface area contributed by atoms with E-state index in [1.165, 1.54) is 27.7 Å². The number of esters is 4. The topological polar surface area (TPSA) is 137 Å². The summed E-state index contributed by atoms with van der Waals surface area (Å²) in [7, 11) is 0. The second-order valence-electron chi connectivity index (χ2n) is 7.56. The average Bonchev–Trinajstić information content (AvgIpc) is 3.36. The van der Waals surface area contributed by atoms with Gasteiger partial charge in [0.25, 0.3) is 0 Å². The van der Waals surface area contributed by atoms with E-state index in [0.29, 0.717) is 36.6 Å². The molecular weight excluding hydrogens is 571 g/mol. The van der Waals surface area contributed by atoms with E-state index in [0.717, 1.165) is 0 Å². The Morgan fingerprint density at radius 1 is 0.714 bits per heavy atom. The molecule has 0 saturated heterocycles. The standard InChI is InChI=1S/C24H19IN2O8/c1-10(28)32-17-8-14-5-6-26-21(14)19(23(17)34-12(3)30)16-7-15-9-18(33-11(2)29)24(35-13(4)31)20(25)22(15)27-16/h5-9,26-27H,1-4H3. The Hall–Kier alpha value is -3.87. The number of carbonyl (C=O) groups excluding carboxylic acids is 4. The minimum absolute atomic E-state index is 0.0460. The molecule has 4 aromatic rings. The maximum Gasteiger partial charge on any atom is 0.308 e. The summed E-state index contributed by atoms with van der Waals surface area (Å²) in [5.74, 6) is -2.06. The molecule has 11 heteroatoms. The van der Waals surface area contributed by atoms with Gasteiger partial charge in [-0.3, -0.25) is 19.2 Å². The first-order valence-electron chi connectivity index (χ1n) is 10.3. The van der Waals surface area contributed by atoms with Crippen molar-refractivity contribution in [2.45, 2.75) is 27.7 Å². The third-order valence-electron chi connectivity index (χ3n) is 4.81. The Bertz CT molecular complexity index is 1530. The highest BCUT2D eigenvalue weighted by Gasteiger charge is 2.25. The van der Waals surface area contributed by atoms with Crippen molar-refractivity contribution < 1.29 is 38.1 Å². The highest BCUT2D eigenvalue weighted by molar-refractivity contribution is 14.1. The van der Waals surface area contributed by atoms with Gasteiger partial charge < -0.3 is 28.9 Å². The van der Waals surface area contributed by atoms with Crippen LogP contribution in [0.3, 0.4) is 0 Å². The largest absolute Gasteiger partial charge is 0.423 e. The Balaban J connectivity index is 2.03. The molecule has 0 unspecified atom stereocenters. The van der Waals surface area contributed by atoms with Gasteiger partial charge in [-0.1, -0.05) is 0 Å². The molecule has 2 aromatic carbocycles. The van der Waals surface area contributed by atoms with Gasteiger partial charge in [0.15, 0.2) is 23.0 Å². The van der Waals surface area contributed by atoms with Gasteiger partial charge in [0.2, 0.25) is 0 Å². The van der Waals surface area contributed by atoms with Crippen LogP contribution in [-0.4, -0.2) is 33.8 Å². The van der Waals surface area contributed by atoms with Crippen LogP contribution in [-0.2, 0) is 19.2 Å². The van der Waals surface area contributed by atoms with Crippen LogP contribution in [0.25, 0.3) is 33.1 Å². The van der Waals surface area contributed by atoms with Crippen LogP contribution in [0, 0.1) is 3.57 Å². The molecule has 0 spiro atoms. The highest BCUT2D eigenvalue weighted by Crippen LogP contribution is 2.46. The van der Waals surface area contributed by atoms with Gasteiger partial charge in [-0.05, 0) is 46.9 Å². The molecule has 10 nitrogen and oxygen atoms in total. The van der Waals surface area contributed by atoms with E-state index in [9.17, 15) is 19.2 Å². The quantitative estimate of drug-likeness (QED) is 0.195. The number of hydrogen-bond donors (Lipinski definition) is 2. The van der Waals surface area contributed by atoms with E-state index in [2.05, 4.69) is 9.97 Å². The molecule has 180 valence electrons. The fourth-order valence-corrected chi connectivity index (χ4v) is 4.52. The lowest BCUT2D eigenvalue weighted by atomic mass is 10.1. The lowest BCUT2D eigenvalue weighted by Crippen LogP contribution is -2.08. The minimum Gasteiger partial charge on any atom is -0.423 e. The Morgan fingerprint density at radius 2 is 1.26 bits per heavy atom. The van der Waals surface area contributed by atoms with E-state index in [-0.39, 0.29) is 23.0 Å². The molecule has 0 aliphatic heterocycles. The summed E-state index contributed by atoms with van der Waals surface area (Å²) in [5.41, 5.74) is 2.15. The van der Waals surface area contributed by atoms with Crippen LogP contribution in [0.2, 0.25) is 0 Å². The van der Waals surface area contributed by atoms with Crippen LogP contribution in [0.5, 0.6) is 23.0 Å². The van der Waals surface area contributed by atoms with Crippen molar-refractivity contribution in [3.05, 3.63) is 34.0 Å². The fraction of sp³-hybridized carbons (Fsp3) is 0.167. The van der Waals surface area contributed by atoms with Gasteiger partial charge >= 0.3 is 23.9 Å². The smallest absolute Gasteiger partial charge is 0.308 e. The summed E-state index contributed by atoms with van der Waals surface area (Å²) in [6.07, 6.45) is 1.70. The number of carbonyl (C=O) groups is 4. The summed E-state index contributed by atoms with van der Waals surface area (Å²) in [6.45, 7) is 4.97. The van der Waals surface area contributed by atoms with Crippen LogP contribution < -0.4 is 18.9 Å². The average molecular weight is 590 g/mol. The monoisotopic (exact) mass is 590 g/mol. The number of aromatic amines is 2.